The molecule has 18 heteroatoms. The van der Waals surface area contributed by atoms with Crippen molar-refractivity contribution in [3.05, 3.63) is 52.2 Å². The number of rotatable bonds is 1. The van der Waals surface area contributed by atoms with Crippen molar-refractivity contribution in [1.82, 2.24) is 29.2 Å². The lowest BCUT2D eigenvalue weighted by Crippen LogP contribution is -2.20. The maximum absolute atomic E-state index is 12.7. The SMILES string of the molecule is C.FC(F)(F)c1cn2nc(Cl)ccc2n1.NS(=O)(=O)c1c(C(F)(F)F)nc2ccc(Cl)nn12. The highest BCUT2D eigenvalue weighted by molar-refractivity contribution is 7.89. The van der Waals surface area contributed by atoms with Crippen LogP contribution >= 0.6 is 23.2 Å². The standard InChI is InChI=1S/C7H4ClF3N4O2S.C7H3ClF3N3.CH4/c8-3-1-2-4-13-5(7(9,10)11)6(15(4)14-3)18(12,16)17;8-5-1-2-6-12-4(7(9,10)11)3-14(6)13-5;/h1-2H,(H2,12,16,17);1-3H;1H4. The molecule has 9 nitrogen and oxygen atoms in total. The van der Waals surface area contributed by atoms with Crippen molar-refractivity contribution in [3.8, 4) is 0 Å². The Morgan fingerprint density at radius 3 is 1.91 bits per heavy atom. The molecule has 180 valence electrons. The first-order valence-corrected chi connectivity index (χ1v) is 10.1. The second-order valence-corrected chi connectivity index (χ2v) is 8.07. The van der Waals surface area contributed by atoms with Crippen molar-refractivity contribution >= 4 is 44.5 Å². The third-order valence-electron chi connectivity index (χ3n) is 3.52. The second kappa shape index (κ2) is 8.92. The van der Waals surface area contributed by atoms with Crippen molar-refractivity contribution in [2.24, 2.45) is 5.14 Å². The van der Waals surface area contributed by atoms with Crippen molar-refractivity contribution in [3.63, 3.8) is 0 Å². The lowest BCUT2D eigenvalue weighted by Gasteiger charge is -2.04. The number of imidazole rings is 2. The fourth-order valence-electron chi connectivity index (χ4n) is 2.33. The zero-order valence-electron chi connectivity index (χ0n) is 14.9. The van der Waals surface area contributed by atoms with Gasteiger partial charge in [-0.15, -0.1) is 0 Å². The molecule has 0 aromatic carbocycles. The van der Waals surface area contributed by atoms with E-state index in [1.807, 2.05) is 0 Å². The van der Waals surface area contributed by atoms with E-state index in [4.69, 9.17) is 28.3 Å². The van der Waals surface area contributed by atoms with E-state index in [-0.39, 0.29) is 29.0 Å². The predicted molar refractivity (Wildman–Crippen MR) is 104 cm³/mol. The van der Waals surface area contributed by atoms with E-state index in [2.05, 4.69) is 20.2 Å². The molecule has 0 fully saturated rings. The van der Waals surface area contributed by atoms with E-state index in [9.17, 15) is 34.8 Å². The van der Waals surface area contributed by atoms with Crippen LogP contribution in [0.2, 0.25) is 10.3 Å². The third kappa shape index (κ3) is 5.82. The van der Waals surface area contributed by atoms with Gasteiger partial charge in [0.1, 0.15) is 10.3 Å². The molecule has 0 spiro atoms. The smallest absolute Gasteiger partial charge is 0.223 e. The summed E-state index contributed by atoms with van der Waals surface area (Å²) in [4.78, 5) is 6.49. The average Bonchev–Trinajstić information content (AvgIpc) is 3.22. The number of nitrogens with zero attached hydrogens (tertiary/aromatic N) is 6. The van der Waals surface area contributed by atoms with Gasteiger partial charge < -0.3 is 0 Å². The number of sulfonamides is 1. The predicted octanol–water partition coefficient (Wildman–Crippen LogP) is 4.09. The Bertz CT molecular complexity index is 1420. The molecular weight excluding hydrogens is 527 g/mol. The van der Waals surface area contributed by atoms with Crippen molar-refractivity contribution in [2.45, 2.75) is 24.8 Å². The van der Waals surface area contributed by atoms with Crippen LogP contribution in [0.4, 0.5) is 26.3 Å². The molecule has 4 heterocycles. The second-order valence-electron chi connectivity index (χ2n) is 5.82. The Morgan fingerprint density at radius 2 is 1.39 bits per heavy atom. The highest BCUT2D eigenvalue weighted by Gasteiger charge is 2.42. The Morgan fingerprint density at radius 1 is 0.848 bits per heavy atom. The Hall–Kier alpha value is -2.69. The number of aromatic nitrogens is 6. The normalized spacial score (nSPS) is 12.4. The van der Waals surface area contributed by atoms with Crippen LogP contribution in [0.25, 0.3) is 11.3 Å². The topological polar surface area (TPSA) is 121 Å². The molecule has 4 aromatic rings. The molecule has 0 radical (unpaired) electrons. The van der Waals surface area contributed by atoms with Gasteiger partial charge in [0.05, 0.1) is 6.20 Å². The molecule has 0 aliphatic carbocycles. The average molecular weight is 538 g/mol. The van der Waals surface area contributed by atoms with Gasteiger partial charge in [-0.2, -0.15) is 41.1 Å². The van der Waals surface area contributed by atoms with Crippen LogP contribution in [0, 0.1) is 0 Å². The maximum Gasteiger partial charge on any atom is 0.436 e. The summed E-state index contributed by atoms with van der Waals surface area (Å²) in [6.45, 7) is 0. The molecule has 0 bridgehead atoms. The summed E-state index contributed by atoms with van der Waals surface area (Å²) in [6, 6.07) is 5.02. The van der Waals surface area contributed by atoms with Gasteiger partial charge in [0.25, 0.3) is 10.0 Å². The molecular formula is C15H11Cl2F6N7O2S. The first kappa shape index (κ1) is 26.6. The number of hydrogen-bond acceptors (Lipinski definition) is 6. The van der Waals surface area contributed by atoms with E-state index in [1.54, 1.807) is 0 Å². The summed E-state index contributed by atoms with van der Waals surface area (Å²) in [5.41, 5.74) is -2.82. The molecule has 33 heavy (non-hydrogen) atoms. The third-order valence-corrected chi connectivity index (χ3v) is 4.83. The first-order chi connectivity index (χ1) is 14.6. The molecule has 0 atom stereocenters. The van der Waals surface area contributed by atoms with E-state index in [0.717, 1.165) is 16.8 Å². The number of alkyl halides is 6. The molecule has 0 aliphatic heterocycles. The molecule has 0 amide bonds. The lowest BCUT2D eigenvalue weighted by atomic mass is 10.5. The van der Waals surface area contributed by atoms with Gasteiger partial charge in [0.15, 0.2) is 22.7 Å². The minimum Gasteiger partial charge on any atom is -0.223 e. The highest BCUT2D eigenvalue weighted by Crippen LogP contribution is 2.33. The summed E-state index contributed by atoms with van der Waals surface area (Å²) in [6.07, 6.45) is -8.64. The quantitative estimate of drug-likeness (QED) is 0.365. The van der Waals surface area contributed by atoms with Crippen LogP contribution in [0.3, 0.4) is 0 Å². The maximum atomic E-state index is 12.7. The van der Waals surface area contributed by atoms with Gasteiger partial charge in [-0.25, -0.2) is 28.0 Å². The zero-order chi connectivity index (χ0) is 24.1. The Balaban J connectivity index is 0.000000233. The molecule has 0 saturated heterocycles. The van der Waals surface area contributed by atoms with Gasteiger partial charge in [0, 0.05) is 0 Å². The van der Waals surface area contributed by atoms with Gasteiger partial charge in [0.2, 0.25) is 5.03 Å². The van der Waals surface area contributed by atoms with Gasteiger partial charge in [-0.3, -0.25) is 0 Å². The van der Waals surface area contributed by atoms with Crippen LogP contribution in [0.1, 0.15) is 18.8 Å². The van der Waals surface area contributed by atoms with Gasteiger partial charge in [-0.1, -0.05) is 30.6 Å². The summed E-state index contributed by atoms with van der Waals surface area (Å²) in [5, 5.41) is 10.5. The molecule has 4 rings (SSSR count). The lowest BCUT2D eigenvalue weighted by molar-refractivity contribution is -0.143. The molecule has 0 aliphatic rings. The van der Waals surface area contributed by atoms with Crippen molar-refractivity contribution in [1.29, 1.82) is 0 Å². The number of hydrogen-bond donors (Lipinski definition) is 1. The summed E-state index contributed by atoms with van der Waals surface area (Å²) in [5.74, 6) is 0. The molecule has 0 unspecified atom stereocenters. The van der Waals surface area contributed by atoms with Crippen molar-refractivity contribution in [2.75, 3.05) is 0 Å². The van der Waals surface area contributed by atoms with Crippen LogP contribution in [-0.2, 0) is 22.4 Å². The van der Waals surface area contributed by atoms with Crippen LogP contribution in [0.15, 0.2) is 35.5 Å². The first-order valence-electron chi connectivity index (χ1n) is 7.82. The number of fused-ring (bicyclic) bond motifs is 2. The Labute approximate surface area is 190 Å². The largest absolute Gasteiger partial charge is 0.436 e. The zero-order valence-corrected chi connectivity index (χ0v) is 17.2. The van der Waals surface area contributed by atoms with Crippen LogP contribution in [0.5, 0.6) is 0 Å². The fourth-order valence-corrected chi connectivity index (χ4v) is 3.42. The summed E-state index contributed by atoms with van der Waals surface area (Å²) in [7, 11) is -4.66. The van der Waals surface area contributed by atoms with Gasteiger partial charge in [-0.05, 0) is 24.3 Å². The van der Waals surface area contributed by atoms with Gasteiger partial charge >= 0.3 is 12.4 Å². The van der Waals surface area contributed by atoms with E-state index in [0.29, 0.717) is 4.52 Å². The van der Waals surface area contributed by atoms with Crippen LogP contribution in [-0.4, -0.2) is 37.6 Å². The minimum atomic E-state index is -4.97. The highest BCUT2D eigenvalue weighted by atomic mass is 35.5. The summed E-state index contributed by atoms with van der Waals surface area (Å²) < 4.78 is 98.4. The van der Waals surface area contributed by atoms with Crippen molar-refractivity contribution < 1.29 is 34.8 Å². The van der Waals surface area contributed by atoms with E-state index < -0.39 is 38.8 Å². The fraction of sp³-hybridized carbons (Fsp3) is 0.200. The van der Waals surface area contributed by atoms with Crippen LogP contribution < -0.4 is 5.14 Å². The number of halogens is 8. The minimum absolute atomic E-state index is 0. The molecule has 0 saturated carbocycles. The Kier molecular flexibility index (Phi) is 7.18. The summed E-state index contributed by atoms with van der Waals surface area (Å²) >= 11 is 11.0. The molecule has 4 aromatic heterocycles. The molecule has 2 N–H and O–H groups in total. The number of nitrogens with two attached hydrogens (primary N) is 1. The van der Waals surface area contributed by atoms with E-state index in [1.165, 1.54) is 18.2 Å². The van der Waals surface area contributed by atoms with E-state index >= 15 is 0 Å². The number of primary sulfonamides is 1. The monoisotopic (exact) mass is 537 g/mol.